The molecule has 0 bridgehead atoms. The Bertz CT molecular complexity index is 655. The maximum atomic E-state index is 11.3. The van der Waals surface area contributed by atoms with Crippen LogP contribution in [0.1, 0.15) is 80.3 Å². The van der Waals surface area contributed by atoms with Crippen LogP contribution in [0.4, 0.5) is 0 Å². The number of nitrogens with zero attached hydrogens (tertiary/aromatic N) is 3. The van der Waals surface area contributed by atoms with E-state index in [9.17, 15) is 4.79 Å². The molecule has 0 aliphatic rings. The lowest BCUT2D eigenvalue weighted by Crippen LogP contribution is -2.38. The van der Waals surface area contributed by atoms with Crippen molar-refractivity contribution in [2.75, 3.05) is 26.4 Å². The van der Waals surface area contributed by atoms with Crippen molar-refractivity contribution < 1.29 is 23.7 Å². The fourth-order valence-corrected chi connectivity index (χ4v) is 2.93. The molecule has 0 aromatic carbocycles. The van der Waals surface area contributed by atoms with Crippen LogP contribution in [0.5, 0.6) is 0 Å². The van der Waals surface area contributed by atoms with Crippen LogP contribution in [-0.2, 0) is 36.9 Å². The largest absolute Gasteiger partial charge is 0.373 e. The van der Waals surface area contributed by atoms with E-state index < -0.39 is 11.2 Å². The van der Waals surface area contributed by atoms with Crippen molar-refractivity contribution in [3.05, 3.63) is 11.9 Å². The molecule has 0 saturated heterocycles. The summed E-state index contributed by atoms with van der Waals surface area (Å²) >= 11 is 0. The Hall–Kier alpha value is -1.35. The van der Waals surface area contributed by atoms with Crippen LogP contribution >= 0.6 is 0 Å². The third-order valence-corrected chi connectivity index (χ3v) is 4.57. The number of unbranched alkanes of at least 4 members (excludes halogenated alkanes) is 1. The number of carbonyl (C=O) groups excluding carboxylic acids is 1. The first-order valence-corrected chi connectivity index (χ1v) is 11.2. The predicted molar refractivity (Wildman–Crippen MR) is 120 cm³/mol. The molecule has 0 fully saturated rings. The lowest BCUT2D eigenvalue weighted by molar-refractivity contribution is -0.137. The van der Waals surface area contributed by atoms with Crippen molar-refractivity contribution in [2.24, 2.45) is 0 Å². The van der Waals surface area contributed by atoms with Gasteiger partial charge in [0.25, 0.3) is 0 Å². The van der Waals surface area contributed by atoms with E-state index in [0.29, 0.717) is 39.4 Å². The van der Waals surface area contributed by atoms with Crippen LogP contribution in [0.2, 0.25) is 0 Å². The highest BCUT2D eigenvalue weighted by molar-refractivity contribution is 5.76. The lowest BCUT2D eigenvalue weighted by Gasteiger charge is -2.31. The number of rotatable bonds is 17. The van der Waals surface area contributed by atoms with Crippen LogP contribution in [0.15, 0.2) is 6.20 Å². The lowest BCUT2D eigenvalue weighted by atomic mass is 10.0. The zero-order valence-corrected chi connectivity index (χ0v) is 20.8. The van der Waals surface area contributed by atoms with Gasteiger partial charge in [-0.1, -0.05) is 18.6 Å². The van der Waals surface area contributed by atoms with Gasteiger partial charge in [-0.15, -0.1) is 5.10 Å². The van der Waals surface area contributed by atoms with E-state index in [-0.39, 0.29) is 11.4 Å². The minimum Gasteiger partial charge on any atom is -0.373 e. The van der Waals surface area contributed by atoms with Crippen LogP contribution in [0.25, 0.3) is 0 Å². The van der Waals surface area contributed by atoms with Crippen molar-refractivity contribution in [3.8, 4) is 0 Å². The summed E-state index contributed by atoms with van der Waals surface area (Å²) < 4.78 is 25.2. The molecule has 0 radical (unpaired) electrons. The Morgan fingerprint density at radius 1 is 0.968 bits per heavy atom. The van der Waals surface area contributed by atoms with Crippen LogP contribution in [0.3, 0.4) is 0 Å². The molecule has 8 heteroatoms. The smallest absolute Gasteiger partial charge is 0.132 e. The normalized spacial score (nSPS) is 13.0. The Morgan fingerprint density at radius 3 is 2.26 bits per heavy atom. The number of carbonyl (C=O) groups is 1. The third-order valence-electron chi connectivity index (χ3n) is 4.57. The zero-order chi connectivity index (χ0) is 23.5. The molecule has 31 heavy (non-hydrogen) atoms. The van der Waals surface area contributed by atoms with Gasteiger partial charge in [-0.05, 0) is 54.9 Å². The van der Waals surface area contributed by atoms with Crippen molar-refractivity contribution >= 4 is 5.78 Å². The van der Waals surface area contributed by atoms with Gasteiger partial charge < -0.3 is 18.9 Å². The standard InChI is InChI=1S/C23H43N3O5/c1-9-10-12-29-22(5,6)17-28-16-20-15-26(25-24-20)11-13-30-23(7,8)18-31-21(3,4)14-19(2)27/h15H,9-14,16-18H2,1-8H3. The van der Waals surface area contributed by atoms with Gasteiger partial charge in [0.05, 0.1) is 56.0 Å². The summed E-state index contributed by atoms with van der Waals surface area (Å²) in [5.74, 6) is 0.113. The number of aromatic nitrogens is 3. The van der Waals surface area contributed by atoms with Crippen molar-refractivity contribution in [3.63, 3.8) is 0 Å². The quantitative estimate of drug-likeness (QED) is 0.338. The first-order chi connectivity index (χ1) is 14.3. The molecule has 8 nitrogen and oxygen atoms in total. The topological polar surface area (TPSA) is 84.7 Å². The van der Waals surface area contributed by atoms with Crippen LogP contribution < -0.4 is 0 Å². The molecule has 0 aliphatic heterocycles. The van der Waals surface area contributed by atoms with E-state index in [4.69, 9.17) is 18.9 Å². The van der Waals surface area contributed by atoms with Gasteiger partial charge in [0.1, 0.15) is 11.5 Å². The molecule has 0 aliphatic carbocycles. The molecule has 180 valence electrons. The van der Waals surface area contributed by atoms with Gasteiger partial charge in [-0.3, -0.25) is 4.79 Å². The maximum absolute atomic E-state index is 11.3. The predicted octanol–water partition coefficient (Wildman–Crippen LogP) is 3.96. The molecular weight excluding hydrogens is 398 g/mol. The van der Waals surface area contributed by atoms with Gasteiger partial charge in [0.15, 0.2) is 0 Å². The summed E-state index contributed by atoms with van der Waals surface area (Å²) in [7, 11) is 0. The minimum atomic E-state index is -0.497. The van der Waals surface area contributed by atoms with E-state index in [0.717, 1.165) is 25.1 Å². The highest BCUT2D eigenvalue weighted by atomic mass is 16.6. The summed E-state index contributed by atoms with van der Waals surface area (Å²) in [6.07, 6.45) is 4.42. The van der Waals surface area contributed by atoms with E-state index >= 15 is 0 Å². The monoisotopic (exact) mass is 441 g/mol. The Balaban J connectivity index is 2.32. The maximum Gasteiger partial charge on any atom is 0.132 e. The first kappa shape index (κ1) is 27.7. The molecule has 1 heterocycles. The molecule has 0 unspecified atom stereocenters. The Labute approximate surface area is 188 Å². The second-order valence-electron chi connectivity index (χ2n) is 9.96. The molecule has 0 N–H and O–H groups in total. The second kappa shape index (κ2) is 12.6. The van der Waals surface area contributed by atoms with Crippen molar-refractivity contribution in [2.45, 2.75) is 105 Å². The second-order valence-corrected chi connectivity index (χ2v) is 9.96. The highest BCUT2D eigenvalue weighted by Crippen LogP contribution is 2.19. The number of hydrogen-bond acceptors (Lipinski definition) is 7. The number of hydrogen-bond donors (Lipinski definition) is 0. The number of ketones is 1. The highest BCUT2D eigenvalue weighted by Gasteiger charge is 2.26. The molecule has 1 rings (SSSR count). The van der Waals surface area contributed by atoms with Crippen LogP contribution in [0, 0.1) is 0 Å². The van der Waals surface area contributed by atoms with E-state index in [1.54, 1.807) is 11.6 Å². The Kier molecular flexibility index (Phi) is 11.3. The summed E-state index contributed by atoms with van der Waals surface area (Å²) in [5.41, 5.74) is -0.503. The zero-order valence-electron chi connectivity index (χ0n) is 20.8. The fraction of sp³-hybridized carbons (Fsp3) is 0.870. The number of ether oxygens (including phenoxy) is 4. The molecular formula is C23H43N3O5. The average Bonchev–Trinajstić information content (AvgIpc) is 3.07. The first-order valence-electron chi connectivity index (χ1n) is 11.2. The molecule has 0 saturated carbocycles. The molecule has 0 atom stereocenters. The van der Waals surface area contributed by atoms with Gasteiger partial charge in [-0.25, -0.2) is 4.68 Å². The van der Waals surface area contributed by atoms with Gasteiger partial charge in [0, 0.05) is 13.0 Å². The summed E-state index contributed by atoms with van der Waals surface area (Å²) in [5, 5.41) is 8.29. The van der Waals surface area contributed by atoms with Crippen LogP contribution in [-0.4, -0.2) is 64.0 Å². The average molecular weight is 442 g/mol. The fourth-order valence-electron chi connectivity index (χ4n) is 2.93. The summed E-state index contributed by atoms with van der Waals surface area (Å²) in [6.45, 7) is 18.7. The van der Waals surface area contributed by atoms with E-state index in [1.807, 2.05) is 47.7 Å². The third kappa shape index (κ3) is 12.9. The molecule has 1 aromatic rings. The minimum absolute atomic E-state index is 0.113. The van der Waals surface area contributed by atoms with E-state index in [2.05, 4.69) is 17.2 Å². The van der Waals surface area contributed by atoms with Gasteiger partial charge in [0.2, 0.25) is 0 Å². The van der Waals surface area contributed by atoms with Gasteiger partial charge in [-0.2, -0.15) is 0 Å². The molecule has 0 spiro atoms. The Morgan fingerprint density at radius 2 is 1.61 bits per heavy atom. The summed E-state index contributed by atoms with van der Waals surface area (Å²) in [4.78, 5) is 11.3. The van der Waals surface area contributed by atoms with E-state index in [1.165, 1.54) is 0 Å². The summed E-state index contributed by atoms with van der Waals surface area (Å²) in [6, 6.07) is 0. The van der Waals surface area contributed by atoms with Crippen molar-refractivity contribution in [1.82, 2.24) is 15.0 Å². The molecule has 0 amide bonds. The SMILES string of the molecule is CCCCOC(C)(C)COCc1cn(CCOC(C)(C)COC(C)(C)CC(C)=O)nn1. The van der Waals surface area contributed by atoms with Gasteiger partial charge >= 0.3 is 0 Å². The molecule has 1 aromatic heterocycles. The number of Topliss-reactive ketones (excluding diaryl/α,β-unsaturated/α-hetero) is 1. The van der Waals surface area contributed by atoms with Crippen molar-refractivity contribution in [1.29, 1.82) is 0 Å².